The van der Waals surface area contributed by atoms with Crippen LogP contribution in [0.15, 0.2) is 138 Å². The van der Waals surface area contributed by atoms with Crippen LogP contribution in [-0.4, -0.2) is 17.8 Å². The van der Waals surface area contributed by atoms with Gasteiger partial charge in [-0.2, -0.15) is 0 Å². The molecule has 5 rings (SSSR count). The lowest BCUT2D eigenvalue weighted by Crippen LogP contribution is -2.40. The first-order chi connectivity index (χ1) is 21.9. The van der Waals surface area contributed by atoms with Gasteiger partial charge in [0.2, 0.25) is 11.8 Å². The molecule has 2 amide bonds. The van der Waals surface area contributed by atoms with Gasteiger partial charge in [0.1, 0.15) is 18.4 Å². The summed E-state index contributed by atoms with van der Waals surface area (Å²) >= 11 is 0. The summed E-state index contributed by atoms with van der Waals surface area (Å²) in [5.74, 6) is 0.0216. The van der Waals surface area contributed by atoms with Gasteiger partial charge in [0.05, 0.1) is 12.1 Å². The number of hydrogen-bond donors (Lipinski definition) is 4. The van der Waals surface area contributed by atoms with Crippen molar-refractivity contribution in [2.24, 2.45) is 16.5 Å². The van der Waals surface area contributed by atoms with Crippen LogP contribution in [0.1, 0.15) is 28.3 Å². The molecule has 0 spiro atoms. The Morgan fingerprint density at radius 3 is 1.91 bits per heavy atom. The van der Waals surface area contributed by atoms with Crippen LogP contribution in [-0.2, 0) is 29.2 Å². The second-order valence-electron chi connectivity index (χ2n) is 10.5. The highest BCUT2D eigenvalue weighted by Gasteiger charge is 2.23. The summed E-state index contributed by atoms with van der Waals surface area (Å²) in [5, 5.41) is 5.88. The zero-order chi connectivity index (χ0) is 31.4. The Bertz CT molecular complexity index is 1720. The van der Waals surface area contributed by atoms with Gasteiger partial charge in [0.25, 0.3) is 0 Å². The van der Waals surface area contributed by atoms with E-state index >= 15 is 0 Å². The van der Waals surface area contributed by atoms with Crippen molar-refractivity contribution >= 4 is 23.5 Å². The third-order valence-corrected chi connectivity index (χ3v) is 7.12. The van der Waals surface area contributed by atoms with E-state index in [4.69, 9.17) is 16.2 Å². The van der Waals surface area contributed by atoms with E-state index in [1.54, 1.807) is 36.4 Å². The second-order valence-corrected chi connectivity index (χ2v) is 10.5. The lowest BCUT2D eigenvalue weighted by atomic mass is 10.0. The smallest absolute Gasteiger partial charge is 0.247 e. The Balaban J connectivity index is 1.27. The van der Waals surface area contributed by atoms with Gasteiger partial charge in [-0.25, -0.2) is 4.99 Å². The van der Waals surface area contributed by atoms with E-state index in [0.29, 0.717) is 23.6 Å². The topological polar surface area (TPSA) is 132 Å². The molecule has 0 aliphatic carbocycles. The monoisotopic (exact) mass is 597 g/mol. The standard InChI is InChI=1S/C37H35N5O3/c38-37(39)41-32-19-13-27(14-20-32)24-40-36(44)35(31-17-21-33(22-18-31)45-25-28-7-3-1-4-8-28)42-34(43)23-26-11-15-30(16-12-26)29-9-5-2-6-10-29/h1-22,35H,23-25H2,(H,40,44)(H,42,43)(H4,38,39,41)/t35-/m0/s1. The molecule has 1 atom stereocenters. The molecule has 8 nitrogen and oxygen atoms in total. The van der Waals surface area contributed by atoms with Crippen molar-refractivity contribution in [1.29, 1.82) is 0 Å². The molecule has 0 saturated carbocycles. The number of nitrogens with one attached hydrogen (secondary N) is 2. The number of ether oxygens (including phenoxy) is 1. The number of carbonyl (C=O) groups excluding carboxylic acids is 2. The molecule has 0 radical (unpaired) electrons. The van der Waals surface area contributed by atoms with Crippen molar-refractivity contribution in [3.05, 3.63) is 156 Å². The number of nitrogens with two attached hydrogens (primary N) is 2. The van der Waals surface area contributed by atoms with Gasteiger partial charge in [-0.3, -0.25) is 9.59 Å². The van der Waals surface area contributed by atoms with E-state index in [9.17, 15) is 9.59 Å². The lowest BCUT2D eigenvalue weighted by molar-refractivity contribution is -0.129. The molecule has 5 aromatic rings. The van der Waals surface area contributed by atoms with Gasteiger partial charge < -0.3 is 26.8 Å². The minimum atomic E-state index is -0.912. The maximum atomic E-state index is 13.5. The van der Waals surface area contributed by atoms with Crippen LogP contribution in [0.25, 0.3) is 11.1 Å². The molecule has 5 aromatic carbocycles. The number of hydrogen-bond acceptors (Lipinski definition) is 4. The molecule has 0 aliphatic heterocycles. The summed E-state index contributed by atoms with van der Waals surface area (Å²) < 4.78 is 5.92. The third kappa shape index (κ3) is 9.05. The first-order valence-corrected chi connectivity index (χ1v) is 14.6. The number of aliphatic imine (C=N–C) groups is 1. The molecule has 45 heavy (non-hydrogen) atoms. The van der Waals surface area contributed by atoms with Gasteiger partial charge in [-0.15, -0.1) is 0 Å². The van der Waals surface area contributed by atoms with Gasteiger partial charge in [0.15, 0.2) is 5.96 Å². The van der Waals surface area contributed by atoms with Crippen LogP contribution >= 0.6 is 0 Å². The van der Waals surface area contributed by atoms with E-state index in [-0.39, 0.29) is 30.7 Å². The number of benzene rings is 5. The van der Waals surface area contributed by atoms with Crippen molar-refractivity contribution in [2.75, 3.05) is 0 Å². The molecule has 0 unspecified atom stereocenters. The van der Waals surface area contributed by atoms with E-state index in [1.807, 2.05) is 97.1 Å². The Hall–Kier alpha value is -5.89. The van der Waals surface area contributed by atoms with Crippen LogP contribution in [0.2, 0.25) is 0 Å². The maximum Gasteiger partial charge on any atom is 0.247 e. The molecular weight excluding hydrogens is 562 g/mol. The second kappa shape index (κ2) is 15.0. The van der Waals surface area contributed by atoms with Crippen LogP contribution < -0.4 is 26.8 Å². The molecule has 0 bridgehead atoms. The van der Waals surface area contributed by atoms with E-state index in [2.05, 4.69) is 15.6 Å². The maximum absolute atomic E-state index is 13.5. The van der Waals surface area contributed by atoms with Gasteiger partial charge in [0, 0.05) is 6.54 Å². The molecule has 0 fully saturated rings. The Kier molecular flexibility index (Phi) is 10.2. The molecule has 0 heterocycles. The summed E-state index contributed by atoms with van der Waals surface area (Å²) in [7, 11) is 0. The van der Waals surface area contributed by atoms with Crippen LogP contribution in [0, 0.1) is 0 Å². The summed E-state index contributed by atoms with van der Waals surface area (Å²) in [5.41, 5.74) is 17.1. The number of guanidine groups is 1. The average molecular weight is 598 g/mol. The summed E-state index contributed by atoms with van der Waals surface area (Å²) in [4.78, 5) is 30.8. The van der Waals surface area contributed by atoms with Gasteiger partial charge in [-0.1, -0.05) is 109 Å². The minimum Gasteiger partial charge on any atom is -0.489 e. The van der Waals surface area contributed by atoms with Crippen molar-refractivity contribution in [2.45, 2.75) is 25.6 Å². The number of carbonyl (C=O) groups is 2. The molecule has 0 aromatic heterocycles. The summed E-state index contributed by atoms with van der Waals surface area (Å²) in [6, 6.07) is 41.2. The first-order valence-electron chi connectivity index (χ1n) is 14.6. The predicted octanol–water partition coefficient (Wildman–Crippen LogP) is 5.55. The number of nitrogens with zero attached hydrogens (tertiary/aromatic N) is 1. The molecule has 6 N–H and O–H groups in total. The highest BCUT2D eigenvalue weighted by Crippen LogP contribution is 2.22. The Morgan fingerprint density at radius 1 is 0.667 bits per heavy atom. The Labute approximate surface area is 262 Å². The lowest BCUT2D eigenvalue weighted by Gasteiger charge is -2.20. The van der Waals surface area contributed by atoms with Crippen LogP contribution in [0.4, 0.5) is 5.69 Å². The highest BCUT2D eigenvalue weighted by molar-refractivity contribution is 5.89. The van der Waals surface area contributed by atoms with Gasteiger partial charge in [-0.05, 0) is 57.6 Å². The molecular formula is C37H35N5O3. The van der Waals surface area contributed by atoms with Crippen molar-refractivity contribution in [3.8, 4) is 16.9 Å². The van der Waals surface area contributed by atoms with Crippen molar-refractivity contribution in [1.82, 2.24) is 10.6 Å². The SMILES string of the molecule is NC(N)=Nc1ccc(CNC(=O)[C@@H](NC(=O)Cc2ccc(-c3ccccc3)cc2)c2ccc(OCc3ccccc3)cc2)cc1. The van der Waals surface area contributed by atoms with Crippen molar-refractivity contribution in [3.63, 3.8) is 0 Å². The van der Waals surface area contributed by atoms with Crippen molar-refractivity contribution < 1.29 is 14.3 Å². The first kappa shape index (κ1) is 30.6. The zero-order valence-electron chi connectivity index (χ0n) is 24.7. The van der Waals surface area contributed by atoms with Crippen LogP contribution in [0.5, 0.6) is 5.75 Å². The zero-order valence-corrected chi connectivity index (χ0v) is 24.7. The average Bonchev–Trinajstić information content (AvgIpc) is 3.07. The van der Waals surface area contributed by atoms with Crippen LogP contribution in [0.3, 0.4) is 0 Å². The quantitative estimate of drug-likeness (QED) is 0.111. The summed E-state index contributed by atoms with van der Waals surface area (Å²) in [6.07, 6.45) is 0.128. The van der Waals surface area contributed by atoms with Gasteiger partial charge >= 0.3 is 0 Å². The molecule has 0 saturated heterocycles. The third-order valence-electron chi connectivity index (χ3n) is 7.12. The van der Waals surface area contributed by atoms with E-state index in [0.717, 1.165) is 27.8 Å². The predicted molar refractivity (Wildman–Crippen MR) is 177 cm³/mol. The fourth-order valence-corrected chi connectivity index (χ4v) is 4.77. The number of amides is 2. The molecule has 8 heteroatoms. The number of rotatable bonds is 12. The molecule has 226 valence electrons. The largest absolute Gasteiger partial charge is 0.489 e. The fourth-order valence-electron chi connectivity index (χ4n) is 4.77. The van der Waals surface area contributed by atoms with E-state index < -0.39 is 6.04 Å². The fraction of sp³-hybridized carbons (Fsp3) is 0.108. The molecule has 0 aliphatic rings. The summed E-state index contributed by atoms with van der Waals surface area (Å²) in [6.45, 7) is 0.679. The highest BCUT2D eigenvalue weighted by atomic mass is 16.5. The van der Waals surface area contributed by atoms with E-state index in [1.165, 1.54) is 0 Å². The minimum absolute atomic E-state index is 0.0294. The Morgan fingerprint density at radius 2 is 1.27 bits per heavy atom. The normalized spacial score (nSPS) is 11.2.